The molecule has 0 spiro atoms. The van der Waals surface area contributed by atoms with E-state index in [-0.39, 0.29) is 11.8 Å². The van der Waals surface area contributed by atoms with Crippen LogP contribution in [0, 0.1) is 0 Å². The third-order valence-corrected chi connectivity index (χ3v) is 6.74. The van der Waals surface area contributed by atoms with Gasteiger partial charge in [0, 0.05) is 32.3 Å². The Morgan fingerprint density at radius 3 is 2.49 bits per heavy atom. The van der Waals surface area contributed by atoms with Crippen molar-refractivity contribution in [3.63, 3.8) is 0 Å². The molecule has 2 heterocycles. The number of nitrogens with zero attached hydrogens (tertiary/aromatic N) is 1. The highest BCUT2D eigenvalue weighted by molar-refractivity contribution is 8.08. The summed E-state index contributed by atoms with van der Waals surface area (Å²) in [6.07, 6.45) is 3.65. The summed E-state index contributed by atoms with van der Waals surface area (Å²) in [6.45, 7) is 2.07. The average Bonchev–Trinajstić information content (AvgIpc) is 3.25. The largest absolute Gasteiger partial charge is 0.354 e. The van der Waals surface area contributed by atoms with Crippen LogP contribution in [0.15, 0.2) is 106 Å². The minimum atomic E-state index is -0.186. The molecule has 174 valence electrons. The monoisotopic (exact) mass is 480 g/mol. The van der Waals surface area contributed by atoms with Crippen LogP contribution in [0.25, 0.3) is 4.91 Å². The molecule has 3 N–H and O–H groups in total. The van der Waals surface area contributed by atoms with Crippen molar-refractivity contribution >= 4 is 45.6 Å². The van der Waals surface area contributed by atoms with Crippen molar-refractivity contribution in [2.24, 2.45) is 5.10 Å². The first kappa shape index (κ1) is 22.7. The Morgan fingerprint density at radius 2 is 1.71 bits per heavy atom. The highest BCUT2D eigenvalue weighted by Crippen LogP contribution is 2.42. The molecular weight excluding hydrogens is 456 g/mol. The molecule has 0 bridgehead atoms. The fraction of sp³-hybridized carbons (Fsp3) is 0.107. The lowest BCUT2D eigenvalue weighted by atomic mass is 10.0. The molecule has 2 amide bonds. The van der Waals surface area contributed by atoms with Crippen LogP contribution < -0.4 is 16.1 Å². The summed E-state index contributed by atoms with van der Waals surface area (Å²) in [6, 6.07) is 24.9. The predicted octanol–water partition coefficient (Wildman–Crippen LogP) is 6.04. The fourth-order valence-corrected chi connectivity index (χ4v) is 4.99. The zero-order valence-corrected chi connectivity index (χ0v) is 20.0. The second-order valence-corrected chi connectivity index (χ2v) is 9.28. The summed E-state index contributed by atoms with van der Waals surface area (Å²) in [7, 11) is 0. The number of benzene rings is 3. The van der Waals surface area contributed by atoms with E-state index in [2.05, 4.69) is 34.2 Å². The number of fused-ring (bicyclic) bond motifs is 1. The first-order valence-electron chi connectivity index (χ1n) is 11.5. The lowest BCUT2D eigenvalue weighted by Gasteiger charge is -2.22. The lowest BCUT2D eigenvalue weighted by molar-refractivity contribution is -0.116. The van der Waals surface area contributed by atoms with Gasteiger partial charge in [0.1, 0.15) is 0 Å². The molecule has 0 saturated carbocycles. The Labute approximate surface area is 208 Å². The fourth-order valence-electron chi connectivity index (χ4n) is 4.00. The Bertz CT molecular complexity index is 1380. The van der Waals surface area contributed by atoms with Crippen LogP contribution in [-0.4, -0.2) is 17.5 Å². The van der Waals surface area contributed by atoms with Crippen molar-refractivity contribution in [2.75, 3.05) is 10.6 Å². The second kappa shape index (κ2) is 10.0. The van der Waals surface area contributed by atoms with Crippen molar-refractivity contribution in [1.82, 2.24) is 5.43 Å². The molecule has 2 aliphatic heterocycles. The lowest BCUT2D eigenvalue weighted by Crippen LogP contribution is -2.19. The van der Waals surface area contributed by atoms with E-state index >= 15 is 0 Å². The average molecular weight is 481 g/mol. The van der Waals surface area contributed by atoms with Gasteiger partial charge in [-0.2, -0.15) is 5.10 Å². The molecule has 0 aliphatic carbocycles. The van der Waals surface area contributed by atoms with Gasteiger partial charge in [0.15, 0.2) is 0 Å². The van der Waals surface area contributed by atoms with Gasteiger partial charge in [-0.25, -0.2) is 5.43 Å². The number of hydrazone groups is 1. The molecule has 0 fully saturated rings. The zero-order chi connectivity index (χ0) is 24.2. The van der Waals surface area contributed by atoms with Crippen LogP contribution in [0.4, 0.5) is 11.4 Å². The summed E-state index contributed by atoms with van der Waals surface area (Å²) >= 11 is 1.61. The number of rotatable bonds is 6. The van der Waals surface area contributed by atoms with Crippen molar-refractivity contribution in [2.45, 2.75) is 24.7 Å². The van der Waals surface area contributed by atoms with Gasteiger partial charge in [-0.05, 0) is 55.0 Å². The molecule has 5 rings (SSSR count). The summed E-state index contributed by atoms with van der Waals surface area (Å²) in [5.41, 5.74) is 8.08. The van der Waals surface area contributed by atoms with Gasteiger partial charge in [-0.1, -0.05) is 61.5 Å². The minimum Gasteiger partial charge on any atom is -0.354 e. The molecule has 6 nitrogen and oxygen atoms in total. The number of amides is 2. The zero-order valence-electron chi connectivity index (χ0n) is 19.2. The maximum absolute atomic E-state index is 12.6. The van der Waals surface area contributed by atoms with E-state index < -0.39 is 0 Å². The van der Waals surface area contributed by atoms with E-state index in [1.54, 1.807) is 23.9 Å². The smallest absolute Gasteiger partial charge is 0.275 e. The number of hydrogen-bond acceptors (Lipinski definition) is 5. The molecule has 0 unspecified atom stereocenters. The van der Waals surface area contributed by atoms with Gasteiger partial charge in [0.2, 0.25) is 0 Å². The Balaban J connectivity index is 1.41. The SMILES string of the molecule is CCCC1=NNC(=O)C1=C1C=C(Sc2ccc(NC(=O)c3ccccc3)cc2)c2ccccc2N1. The summed E-state index contributed by atoms with van der Waals surface area (Å²) < 4.78 is 0. The first-order chi connectivity index (χ1) is 17.1. The van der Waals surface area contributed by atoms with E-state index in [9.17, 15) is 9.59 Å². The summed E-state index contributed by atoms with van der Waals surface area (Å²) in [4.78, 5) is 27.1. The molecular formula is C28H24N4O2S. The van der Waals surface area contributed by atoms with E-state index in [4.69, 9.17) is 0 Å². The third-order valence-electron chi connectivity index (χ3n) is 5.68. The van der Waals surface area contributed by atoms with Crippen LogP contribution in [0.1, 0.15) is 35.7 Å². The molecule has 0 radical (unpaired) electrons. The summed E-state index contributed by atoms with van der Waals surface area (Å²) in [5.74, 6) is -0.328. The van der Waals surface area contributed by atoms with Crippen LogP contribution in [0.3, 0.4) is 0 Å². The molecule has 0 atom stereocenters. The second-order valence-electron chi connectivity index (χ2n) is 8.16. The van der Waals surface area contributed by atoms with Gasteiger partial charge in [-0.3, -0.25) is 9.59 Å². The number of para-hydroxylation sites is 1. The quantitative estimate of drug-likeness (QED) is 0.376. The predicted molar refractivity (Wildman–Crippen MR) is 142 cm³/mol. The van der Waals surface area contributed by atoms with Crippen LogP contribution in [0.2, 0.25) is 0 Å². The van der Waals surface area contributed by atoms with Gasteiger partial charge >= 0.3 is 0 Å². The van der Waals surface area contributed by atoms with Gasteiger partial charge < -0.3 is 10.6 Å². The number of carbonyl (C=O) groups excluding carboxylic acids is 2. The standard InChI is InChI=1S/C28H24N4O2S/c1-2-8-23-26(28(34)32-31-23)24-17-25(21-11-6-7-12-22(21)30-24)35-20-15-13-19(14-16-20)29-27(33)18-9-4-3-5-10-18/h3-7,9-17,30H,2,8H2,1H3,(H,29,33)(H,32,34). The van der Waals surface area contributed by atoms with Crippen LogP contribution in [0.5, 0.6) is 0 Å². The first-order valence-corrected chi connectivity index (χ1v) is 12.3. The molecule has 3 aromatic rings. The Hall–Kier alpha value is -4.10. The summed E-state index contributed by atoms with van der Waals surface area (Å²) in [5, 5.41) is 10.6. The molecule has 3 aromatic carbocycles. The molecule has 0 aromatic heterocycles. The minimum absolute atomic E-state index is 0.142. The number of nitrogens with one attached hydrogen (secondary N) is 3. The van der Waals surface area contributed by atoms with E-state index in [1.807, 2.05) is 66.7 Å². The number of thioether (sulfide) groups is 1. The van der Waals surface area contributed by atoms with E-state index in [0.717, 1.165) is 51.0 Å². The molecule has 35 heavy (non-hydrogen) atoms. The van der Waals surface area contributed by atoms with Crippen molar-refractivity contribution < 1.29 is 9.59 Å². The number of anilines is 2. The third kappa shape index (κ3) is 4.90. The van der Waals surface area contributed by atoms with Crippen molar-refractivity contribution in [3.05, 3.63) is 107 Å². The highest BCUT2D eigenvalue weighted by atomic mass is 32.2. The maximum atomic E-state index is 12.6. The highest BCUT2D eigenvalue weighted by Gasteiger charge is 2.28. The van der Waals surface area contributed by atoms with Crippen molar-refractivity contribution in [1.29, 1.82) is 0 Å². The van der Waals surface area contributed by atoms with E-state index in [1.165, 1.54) is 0 Å². The van der Waals surface area contributed by atoms with Crippen molar-refractivity contribution in [3.8, 4) is 0 Å². The maximum Gasteiger partial charge on any atom is 0.275 e. The van der Waals surface area contributed by atoms with Gasteiger partial charge in [0.05, 0.1) is 17.0 Å². The number of carbonyl (C=O) groups is 2. The van der Waals surface area contributed by atoms with Crippen LogP contribution in [-0.2, 0) is 4.79 Å². The number of hydrogen-bond donors (Lipinski definition) is 3. The topological polar surface area (TPSA) is 82.6 Å². The van der Waals surface area contributed by atoms with Crippen LogP contribution >= 0.6 is 11.8 Å². The normalized spacial score (nSPS) is 16.5. The van der Waals surface area contributed by atoms with E-state index in [0.29, 0.717) is 11.1 Å². The Kier molecular flexibility index (Phi) is 6.50. The molecule has 7 heteroatoms. The molecule has 0 saturated heterocycles. The van der Waals surface area contributed by atoms with Gasteiger partial charge in [0.25, 0.3) is 11.8 Å². The Morgan fingerprint density at radius 1 is 0.971 bits per heavy atom. The number of allylic oxidation sites excluding steroid dienone is 1. The van der Waals surface area contributed by atoms with Gasteiger partial charge in [-0.15, -0.1) is 0 Å². The molecule has 2 aliphatic rings.